The van der Waals surface area contributed by atoms with E-state index in [2.05, 4.69) is 23.0 Å². The SMILES string of the molecule is CCc1ccsc1CNCC1CC(F)(F)C(=O)O1. The van der Waals surface area contributed by atoms with Crippen LogP contribution in [0.25, 0.3) is 0 Å². The Morgan fingerprint density at radius 3 is 3.00 bits per heavy atom. The molecule has 1 N–H and O–H groups in total. The van der Waals surface area contributed by atoms with Crippen LogP contribution in [0.5, 0.6) is 0 Å². The molecule has 1 aliphatic rings. The molecule has 1 atom stereocenters. The minimum Gasteiger partial charge on any atom is -0.456 e. The van der Waals surface area contributed by atoms with E-state index in [0.717, 1.165) is 6.42 Å². The highest BCUT2D eigenvalue weighted by molar-refractivity contribution is 7.10. The number of cyclic esters (lactones) is 1. The maximum Gasteiger partial charge on any atom is 0.377 e. The van der Waals surface area contributed by atoms with E-state index < -0.39 is 24.4 Å². The van der Waals surface area contributed by atoms with Crippen molar-refractivity contribution in [3.63, 3.8) is 0 Å². The summed E-state index contributed by atoms with van der Waals surface area (Å²) < 4.78 is 30.4. The van der Waals surface area contributed by atoms with Crippen molar-refractivity contribution in [2.24, 2.45) is 0 Å². The number of esters is 1. The molecule has 3 nitrogen and oxygen atoms in total. The van der Waals surface area contributed by atoms with Gasteiger partial charge in [-0.2, -0.15) is 8.78 Å². The van der Waals surface area contributed by atoms with Crippen molar-refractivity contribution >= 4 is 17.3 Å². The van der Waals surface area contributed by atoms with Gasteiger partial charge in [0.15, 0.2) is 0 Å². The second-order valence-electron chi connectivity index (χ2n) is 4.29. The van der Waals surface area contributed by atoms with Crippen LogP contribution in [0.3, 0.4) is 0 Å². The molecule has 1 fully saturated rings. The molecule has 0 amide bonds. The third-order valence-electron chi connectivity index (χ3n) is 2.93. The number of aryl methyl sites for hydroxylation is 1. The van der Waals surface area contributed by atoms with Crippen LogP contribution in [0.2, 0.25) is 0 Å². The zero-order valence-corrected chi connectivity index (χ0v) is 10.9. The van der Waals surface area contributed by atoms with Crippen LogP contribution < -0.4 is 5.32 Å². The molecule has 100 valence electrons. The third kappa shape index (κ3) is 2.87. The Morgan fingerprint density at radius 1 is 1.61 bits per heavy atom. The maximum absolute atomic E-state index is 12.9. The molecule has 1 unspecified atom stereocenters. The average molecular weight is 275 g/mol. The summed E-state index contributed by atoms with van der Waals surface area (Å²) in [6, 6.07) is 2.06. The fourth-order valence-corrected chi connectivity index (χ4v) is 2.89. The lowest BCUT2D eigenvalue weighted by molar-refractivity contribution is -0.159. The van der Waals surface area contributed by atoms with E-state index in [9.17, 15) is 13.6 Å². The Balaban J connectivity index is 1.79. The molecule has 0 radical (unpaired) electrons. The molecule has 0 aromatic carbocycles. The van der Waals surface area contributed by atoms with Crippen LogP contribution >= 0.6 is 11.3 Å². The predicted octanol–water partition coefficient (Wildman–Crippen LogP) is 2.35. The van der Waals surface area contributed by atoms with Crippen LogP contribution in [0, 0.1) is 0 Å². The number of halogens is 2. The van der Waals surface area contributed by atoms with E-state index in [0.29, 0.717) is 6.54 Å². The standard InChI is InChI=1S/C12H15F2NO2S/c1-2-8-3-4-18-10(8)7-15-6-9-5-12(13,14)11(16)17-9/h3-4,9,15H,2,5-7H2,1H3. The van der Waals surface area contributed by atoms with Gasteiger partial charge in [-0.15, -0.1) is 11.3 Å². The van der Waals surface area contributed by atoms with Gasteiger partial charge in [0.1, 0.15) is 6.10 Å². The van der Waals surface area contributed by atoms with Crippen molar-refractivity contribution in [1.82, 2.24) is 5.32 Å². The topological polar surface area (TPSA) is 38.3 Å². The fraction of sp³-hybridized carbons (Fsp3) is 0.583. The van der Waals surface area contributed by atoms with Gasteiger partial charge in [0.2, 0.25) is 0 Å². The van der Waals surface area contributed by atoms with Gasteiger partial charge in [-0.05, 0) is 23.4 Å². The monoisotopic (exact) mass is 275 g/mol. The second-order valence-corrected chi connectivity index (χ2v) is 5.29. The fourth-order valence-electron chi connectivity index (χ4n) is 1.95. The summed E-state index contributed by atoms with van der Waals surface area (Å²) in [5, 5.41) is 5.08. The van der Waals surface area contributed by atoms with E-state index in [-0.39, 0.29) is 6.54 Å². The van der Waals surface area contributed by atoms with Gasteiger partial charge in [0, 0.05) is 18.0 Å². The number of carbonyl (C=O) groups is 1. The van der Waals surface area contributed by atoms with Crippen molar-refractivity contribution in [1.29, 1.82) is 0 Å². The molecular weight excluding hydrogens is 260 g/mol. The van der Waals surface area contributed by atoms with Crippen molar-refractivity contribution in [3.05, 3.63) is 21.9 Å². The summed E-state index contributed by atoms with van der Waals surface area (Å²) >= 11 is 1.64. The highest BCUT2D eigenvalue weighted by Gasteiger charge is 2.50. The normalized spacial score (nSPS) is 22.2. The van der Waals surface area contributed by atoms with Crippen LogP contribution in [-0.4, -0.2) is 24.5 Å². The van der Waals surface area contributed by atoms with E-state index in [1.807, 2.05) is 5.38 Å². The molecule has 0 aliphatic carbocycles. The number of hydrogen-bond donors (Lipinski definition) is 1. The molecule has 1 saturated heterocycles. The van der Waals surface area contributed by atoms with Crippen LogP contribution in [0.4, 0.5) is 8.78 Å². The number of nitrogens with one attached hydrogen (secondary N) is 1. The first-order valence-electron chi connectivity index (χ1n) is 5.88. The Labute approximate surface area is 108 Å². The first-order chi connectivity index (χ1) is 8.53. The van der Waals surface area contributed by atoms with Gasteiger partial charge in [-0.1, -0.05) is 6.92 Å². The summed E-state index contributed by atoms with van der Waals surface area (Å²) in [6.07, 6.45) is -0.293. The molecule has 1 aromatic rings. The molecule has 1 aliphatic heterocycles. The molecule has 6 heteroatoms. The highest BCUT2D eigenvalue weighted by Crippen LogP contribution is 2.30. The lowest BCUT2D eigenvalue weighted by atomic mass is 10.2. The van der Waals surface area contributed by atoms with E-state index >= 15 is 0 Å². The number of hydrogen-bond acceptors (Lipinski definition) is 4. The summed E-state index contributed by atoms with van der Waals surface area (Å²) in [5.74, 6) is -4.72. The highest BCUT2D eigenvalue weighted by atomic mass is 32.1. The minimum atomic E-state index is -3.32. The summed E-state index contributed by atoms with van der Waals surface area (Å²) in [5.41, 5.74) is 1.27. The van der Waals surface area contributed by atoms with Crippen LogP contribution in [0.15, 0.2) is 11.4 Å². The van der Waals surface area contributed by atoms with Crippen molar-refractivity contribution in [3.8, 4) is 0 Å². The third-order valence-corrected chi connectivity index (χ3v) is 3.90. The Hall–Kier alpha value is -1.01. The number of rotatable bonds is 5. The number of ether oxygens (including phenoxy) is 1. The lowest BCUT2D eigenvalue weighted by Gasteiger charge is -2.09. The smallest absolute Gasteiger partial charge is 0.377 e. The molecular formula is C12H15F2NO2S. The number of carbonyl (C=O) groups excluding carboxylic acids is 1. The van der Waals surface area contributed by atoms with Gasteiger partial charge in [0.05, 0.1) is 6.42 Å². The molecule has 1 aromatic heterocycles. The second kappa shape index (κ2) is 5.32. The number of alkyl halides is 2. The van der Waals surface area contributed by atoms with Crippen molar-refractivity contribution < 1.29 is 18.3 Å². The zero-order valence-electron chi connectivity index (χ0n) is 10.0. The Morgan fingerprint density at radius 2 is 2.39 bits per heavy atom. The Bertz CT molecular complexity index is 433. The summed E-state index contributed by atoms with van der Waals surface area (Å²) in [7, 11) is 0. The minimum absolute atomic E-state index is 0.266. The number of thiophene rings is 1. The van der Waals surface area contributed by atoms with Crippen molar-refractivity contribution in [2.75, 3.05) is 6.54 Å². The predicted molar refractivity (Wildman–Crippen MR) is 64.8 cm³/mol. The van der Waals surface area contributed by atoms with Gasteiger partial charge >= 0.3 is 11.9 Å². The quantitative estimate of drug-likeness (QED) is 0.838. The molecule has 0 bridgehead atoms. The van der Waals surface area contributed by atoms with Gasteiger partial charge in [0.25, 0.3) is 0 Å². The van der Waals surface area contributed by atoms with Crippen LogP contribution in [0.1, 0.15) is 23.8 Å². The van der Waals surface area contributed by atoms with E-state index in [1.165, 1.54) is 10.4 Å². The average Bonchev–Trinajstić information content (AvgIpc) is 2.84. The molecule has 2 rings (SSSR count). The van der Waals surface area contributed by atoms with Gasteiger partial charge in [-0.25, -0.2) is 4.79 Å². The van der Waals surface area contributed by atoms with Gasteiger partial charge in [-0.3, -0.25) is 0 Å². The van der Waals surface area contributed by atoms with Crippen LogP contribution in [-0.2, 0) is 22.5 Å². The van der Waals surface area contributed by atoms with Crippen molar-refractivity contribution in [2.45, 2.75) is 38.3 Å². The first-order valence-corrected chi connectivity index (χ1v) is 6.75. The van der Waals surface area contributed by atoms with E-state index in [1.54, 1.807) is 11.3 Å². The Kier molecular flexibility index (Phi) is 3.97. The molecule has 2 heterocycles. The largest absolute Gasteiger partial charge is 0.456 e. The molecule has 0 saturated carbocycles. The molecule has 18 heavy (non-hydrogen) atoms. The zero-order chi connectivity index (χ0) is 13.2. The molecule has 0 spiro atoms. The van der Waals surface area contributed by atoms with E-state index in [4.69, 9.17) is 0 Å². The van der Waals surface area contributed by atoms with Gasteiger partial charge < -0.3 is 10.1 Å². The summed E-state index contributed by atoms with van der Waals surface area (Å²) in [6.45, 7) is 2.97. The lowest BCUT2D eigenvalue weighted by Crippen LogP contribution is -2.26. The summed E-state index contributed by atoms with van der Waals surface area (Å²) in [4.78, 5) is 12.0. The first kappa shape index (κ1) is 13.4. The maximum atomic E-state index is 12.9.